The van der Waals surface area contributed by atoms with Crippen LogP contribution < -0.4 is 16.2 Å². The fraction of sp³-hybridized carbons (Fsp3) is 0.692. The number of nitrogens with zero attached hydrogens (tertiary/aromatic N) is 2. The predicted octanol–water partition coefficient (Wildman–Crippen LogP) is 1.86. The zero-order valence-electron chi connectivity index (χ0n) is 11.4. The van der Waals surface area contributed by atoms with E-state index in [4.69, 9.17) is 11.6 Å². The molecule has 2 atom stereocenters. The Hall–Kier alpha value is -1.07. The van der Waals surface area contributed by atoms with Crippen LogP contribution in [0.3, 0.4) is 0 Å². The molecule has 1 saturated heterocycles. The molecule has 0 radical (unpaired) electrons. The number of piperidine rings is 1. The molecule has 1 aliphatic rings. The van der Waals surface area contributed by atoms with Gasteiger partial charge >= 0.3 is 0 Å². The third-order valence-electron chi connectivity index (χ3n) is 3.40. The van der Waals surface area contributed by atoms with Gasteiger partial charge in [-0.15, -0.1) is 0 Å². The number of rotatable bonds is 4. The molecule has 0 aliphatic carbocycles. The minimum absolute atomic E-state index is 0.213. The molecule has 1 aliphatic heterocycles. The van der Waals surface area contributed by atoms with Crippen LogP contribution >= 0.6 is 11.6 Å². The van der Waals surface area contributed by atoms with Gasteiger partial charge in [0.15, 0.2) is 0 Å². The van der Waals surface area contributed by atoms with Gasteiger partial charge in [-0.25, -0.2) is 4.68 Å². The van der Waals surface area contributed by atoms with E-state index in [1.807, 2.05) is 6.92 Å². The van der Waals surface area contributed by atoms with Gasteiger partial charge < -0.3 is 10.6 Å². The van der Waals surface area contributed by atoms with Crippen molar-refractivity contribution in [2.45, 2.75) is 51.7 Å². The molecule has 19 heavy (non-hydrogen) atoms. The Labute approximate surface area is 118 Å². The maximum absolute atomic E-state index is 12.0. The summed E-state index contributed by atoms with van der Waals surface area (Å²) < 4.78 is 1.42. The monoisotopic (exact) mass is 284 g/mol. The molecule has 2 unspecified atom stereocenters. The van der Waals surface area contributed by atoms with Crippen molar-refractivity contribution in [1.82, 2.24) is 15.1 Å². The quantitative estimate of drug-likeness (QED) is 0.886. The average Bonchev–Trinajstić information content (AvgIpc) is 2.39. The second kappa shape index (κ2) is 6.39. The smallest absolute Gasteiger partial charge is 0.287 e. The Balaban J connectivity index is 2.12. The van der Waals surface area contributed by atoms with Gasteiger partial charge in [-0.05, 0) is 32.7 Å². The summed E-state index contributed by atoms with van der Waals surface area (Å²) in [6, 6.07) is 0.829. The fourth-order valence-electron chi connectivity index (χ4n) is 2.42. The first-order valence-corrected chi connectivity index (χ1v) is 7.25. The van der Waals surface area contributed by atoms with Crippen LogP contribution in [0.5, 0.6) is 0 Å². The Kier molecular flexibility index (Phi) is 4.82. The van der Waals surface area contributed by atoms with E-state index in [0.29, 0.717) is 24.3 Å². The van der Waals surface area contributed by atoms with E-state index in [2.05, 4.69) is 22.7 Å². The van der Waals surface area contributed by atoms with Crippen LogP contribution in [0.25, 0.3) is 0 Å². The van der Waals surface area contributed by atoms with Crippen molar-refractivity contribution in [3.05, 3.63) is 21.6 Å². The van der Waals surface area contributed by atoms with E-state index < -0.39 is 0 Å². The van der Waals surface area contributed by atoms with E-state index in [1.54, 1.807) is 6.20 Å². The largest absolute Gasteiger partial charge is 0.380 e. The Morgan fingerprint density at radius 1 is 1.63 bits per heavy atom. The van der Waals surface area contributed by atoms with Gasteiger partial charge in [-0.3, -0.25) is 4.79 Å². The highest BCUT2D eigenvalue weighted by Crippen LogP contribution is 2.20. The second-order valence-corrected chi connectivity index (χ2v) is 5.50. The van der Waals surface area contributed by atoms with Crippen LogP contribution in [-0.4, -0.2) is 28.4 Å². The summed E-state index contributed by atoms with van der Waals surface area (Å²) in [5.41, 5.74) is 0.439. The van der Waals surface area contributed by atoms with E-state index in [1.165, 1.54) is 4.68 Å². The molecule has 0 spiro atoms. The zero-order valence-corrected chi connectivity index (χ0v) is 12.2. The number of anilines is 1. The molecule has 2 heterocycles. The molecular formula is C13H21ClN4O. The van der Waals surface area contributed by atoms with Crippen molar-refractivity contribution in [2.75, 3.05) is 11.9 Å². The maximum atomic E-state index is 12.0. The highest BCUT2D eigenvalue weighted by atomic mass is 35.5. The Morgan fingerprint density at radius 2 is 2.42 bits per heavy atom. The van der Waals surface area contributed by atoms with Crippen molar-refractivity contribution >= 4 is 17.3 Å². The van der Waals surface area contributed by atoms with Crippen molar-refractivity contribution in [1.29, 1.82) is 0 Å². The van der Waals surface area contributed by atoms with E-state index in [-0.39, 0.29) is 10.6 Å². The number of halogens is 1. The van der Waals surface area contributed by atoms with Gasteiger partial charge in [-0.1, -0.05) is 18.5 Å². The van der Waals surface area contributed by atoms with Crippen LogP contribution in [-0.2, 0) is 6.54 Å². The molecule has 1 aromatic rings. The SMILES string of the molecule is CCCn1ncc(NC2CCNC(C)C2)c(Cl)c1=O. The summed E-state index contributed by atoms with van der Waals surface area (Å²) in [5.74, 6) is 0. The number of aryl methyl sites for hydroxylation is 1. The average molecular weight is 285 g/mol. The number of nitrogens with one attached hydrogen (secondary N) is 2. The molecule has 106 valence electrons. The first-order chi connectivity index (χ1) is 9.11. The van der Waals surface area contributed by atoms with Crippen molar-refractivity contribution in [2.24, 2.45) is 0 Å². The molecule has 6 heteroatoms. The number of hydrogen-bond acceptors (Lipinski definition) is 4. The normalized spacial score (nSPS) is 23.3. The van der Waals surface area contributed by atoms with Gasteiger partial charge in [0.25, 0.3) is 5.56 Å². The van der Waals surface area contributed by atoms with Crippen LogP contribution in [0.2, 0.25) is 5.02 Å². The van der Waals surface area contributed by atoms with Gasteiger partial charge in [-0.2, -0.15) is 5.10 Å². The number of aromatic nitrogens is 2. The molecule has 0 saturated carbocycles. The van der Waals surface area contributed by atoms with Gasteiger partial charge in [0, 0.05) is 18.6 Å². The summed E-state index contributed by atoms with van der Waals surface area (Å²) in [6.45, 7) is 5.75. The zero-order chi connectivity index (χ0) is 13.8. The van der Waals surface area contributed by atoms with Crippen molar-refractivity contribution < 1.29 is 0 Å². The van der Waals surface area contributed by atoms with Crippen molar-refractivity contribution in [3.8, 4) is 0 Å². The third kappa shape index (κ3) is 3.48. The lowest BCUT2D eigenvalue weighted by Crippen LogP contribution is -2.41. The summed E-state index contributed by atoms with van der Waals surface area (Å²) in [6.07, 6.45) is 4.57. The van der Waals surface area contributed by atoms with Crippen molar-refractivity contribution in [3.63, 3.8) is 0 Å². The highest BCUT2D eigenvalue weighted by Gasteiger charge is 2.19. The van der Waals surface area contributed by atoms with E-state index >= 15 is 0 Å². The lowest BCUT2D eigenvalue weighted by molar-refractivity contribution is 0.396. The van der Waals surface area contributed by atoms with E-state index in [9.17, 15) is 4.79 Å². The van der Waals surface area contributed by atoms with Gasteiger partial charge in [0.2, 0.25) is 0 Å². The molecule has 0 aromatic carbocycles. The molecule has 1 fully saturated rings. The number of hydrogen-bond donors (Lipinski definition) is 2. The topological polar surface area (TPSA) is 59.0 Å². The van der Waals surface area contributed by atoms with Crippen LogP contribution in [0, 0.1) is 0 Å². The lowest BCUT2D eigenvalue weighted by atomic mass is 10.0. The molecule has 1 aromatic heterocycles. The minimum atomic E-state index is -0.213. The molecule has 5 nitrogen and oxygen atoms in total. The molecule has 0 bridgehead atoms. The van der Waals surface area contributed by atoms with Crippen LogP contribution in [0.15, 0.2) is 11.0 Å². The minimum Gasteiger partial charge on any atom is -0.380 e. The van der Waals surface area contributed by atoms with Gasteiger partial charge in [0.05, 0.1) is 11.9 Å². The predicted molar refractivity (Wildman–Crippen MR) is 77.9 cm³/mol. The summed E-state index contributed by atoms with van der Waals surface area (Å²) in [7, 11) is 0. The van der Waals surface area contributed by atoms with Crippen LogP contribution in [0.4, 0.5) is 5.69 Å². The fourth-order valence-corrected chi connectivity index (χ4v) is 2.62. The summed E-state index contributed by atoms with van der Waals surface area (Å²) in [4.78, 5) is 12.0. The first-order valence-electron chi connectivity index (χ1n) is 6.87. The maximum Gasteiger partial charge on any atom is 0.287 e. The first kappa shape index (κ1) is 14.3. The molecular weight excluding hydrogens is 264 g/mol. The Bertz CT molecular complexity index is 488. The van der Waals surface area contributed by atoms with Gasteiger partial charge in [0.1, 0.15) is 5.02 Å². The lowest BCUT2D eigenvalue weighted by Gasteiger charge is -2.29. The standard InChI is InChI=1S/C13H21ClN4O/c1-3-6-18-13(19)12(14)11(8-16-18)17-10-4-5-15-9(2)7-10/h8-10,15,17H,3-7H2,1-2H3. The highest BCUT2D eigenvalue weighted by molar-refractivity contribution is 6.32. The summed E-state index contributed by atoms with van der Waals surface area (Å²) in [5, 5.41) is 11.1. The third-order valence-corrected chi connectivity index (χ3v) is 3.77. The van der Waals surface area contributed by atoms with E-state index in [0.717, 1.165) is 25.8 Å². The summed E-state index contributed by atoms with van der Waals surface area (Å²) >= 11 is 6.14. The second-order valence-electron chi connectivity index (χ2n) is 5.12. The Morgan fingerprint density at radius 3 is 3.11 bits per heavy atom. The molecule has 0 amide bonds. The van der Waals surface area contributed by atoms with Crippen LogP contribution in [0.1, 0.15) is 33.1 Å². The molecule has 2 rings (SSSR count). The molecule has 2 N–H and O–H groups in total.